The first-order valence-electron chi connectivity index (χ1n) is 17.5. The van der Waals surface area contributed by atoms with Crippen LogP contribution in [-0.2, 0) is 14.4 Å². The lowest BCUT2D eigenvalue weighted by Crippen LogP contribution is -2.39. The summed E-state index contributed by atoms with van der Waals surface area (Å²) >= 11 is 0. The van der Waals surface area contributed by atoms with Crippen molar-refractivity contribution >= 4 is 34.4 Å². The van der Waals surface area contributed by atoms with Crippen LogP contribution < -0.4 is 20.7 Å². The quantitative estimate of drug-likeness (QED) is 0.0280. The second-order valence-electron chi connectivity index (χ2n) is 12.4. The molecule has 1 unspecified atom stereocenters. The van der Waals surface area contributed by atoms with Crippen molar-refractivity contribution in [2.75, 3.05) is 31.6 Å². The highest BCUT2D eigenvalue weighted by Gasteiger charge is 2.19. The van der Waals surface area contributed by atoms with E-state index in [4.69, 9.17) is 10.3 Å². The molecule has 0 bridgehead atoms. The third-order valence-electron chi connectivity index (χ3n) is 8.44. The van der Waals surface area contributed by atoms with Crippen molar-refractivity contribution in [3.8, 4) is 16.9 Å². The molecule has 4 N–H and O–H groups in total. The number of carboxylic acids is 1. The molecule has 0 spiro atoms. The number of amides is 2. The molecule has 1 atom stereocenters. The van der Waals surface area contributed by atoms with Crippen LogP contribution >= 0.6 is 0 Å². The molecule has 268 valence electrons. The van der Waals surface area contributed by atoms with E-state index in [2.05, 4.69) is 37.0 Å². The molecule has 0 radical (unpaired) electrons. The van der Waals surface area contributed by atoms with Crippen LogP contribution in [0, 0.1) is 6.92 Å². The Balaban J connectivity index is 1.28. The highest BCUT2D eigenvalue weighted by Crippen LogP contribution is 2.35. The number of aromatic nitrogens is 1. The fraction of sp³-hybridized carbons (Fsp3) is 0.385. The summed E-state index contributed by atoms with van der Waals surface area (Å²) in [5.74, 6) is -0.210. The molecule has 2 amide bonds. The summed E-state index contributed by atoms with van der Waals surface area (Å²) in [6.45, 7) is 3.48. The van der Waals surface area contributed by atoms with Crippen molar-refractivity contribution in [3.63, 3.8) is 0 Å². The molecule has 4 aromatic rings. The highest BCUT2D eigenvalue weighted by atomic mass is 16.5. The summed E-state index contributed by atoms with van der Waals surface area (Å²) in [6.07, 6.45) is 8.47. The Morgan fingerprint density at radius 2 is 1.65 bits per heavy atom. The molecule has 0 saturated heterocycles. The van der Waals surface area contributed by atoms with Crippen molar-refractivity contribution < 1.29 is 24.2 Å². The summed E-state index contributed by atoms with van der Waals surface area (Å²) in [7, 11) is 0. The molecule has 0 saturated carbocycles. The molecular formula is C39H47N7O5. The van der Waals surface area contributed by atoms with Crippen LogP contribution in [0.5, 0.6) is 5.75 Å². The predicted molar refractivity (Wildman–Crippen MR) is 199 cm³/mol. The first-order chi connectivity index (χ1) is 24.8. The summed E-state index contributed by atoms with van der Waals surface area (Å²) in [5, 5.41) is 23.7. The van der Waals surface area contributed by atoms with Gasteiger partial charge in [-0.05, 0) is 77.6 Å². The average molecular weight is 694 g/mol. The molecule has 1 heterocycles. The number of anilines is 1. The van der Waals surface area contributed by atoms with Gasteiger partial charge in [0.25, 0.3) is 0 Å². The largest absolute Gasteiger partial charge is 0.493 e. The number of pyridine rings is 1. The summed E-state index contributed by atoms with van der Waals surface area (Å²) in [4.78, 5) is 43.8. The van der Waals surface area contributed by atoms with Crippen molar-refractivity contribution in [3.05, 3.63) is 101 Å². The lowest BCUT2D eigenvalue weighted by Gasteiger charge is -2.19. The number of aryl methyl sites for hydroxylation is 1. The Morgan fingerprint density at radius 3 is 2.39 bits per heavy atom. The molecule has 12 nitrogen and oxygen atoms in total. The van der Waals surface area contributed by atoms with E-state index in [0.717, 1.165) is 77.6 Å². The molecule has 1 aromatic heterocycles. The van der Waals surface area contributed by atoms with E-state index in [1.165, 1.54) is 0 Å². The number of hydrogen-bond acceptors (Lipinski definition) is 7. The summed E-state index contributed by atoms with van der Waals surface area (Å²) in [6, 6.07) is 22.7. The molecule has 51 heavy (non-hydrogen) atoms. The number of hydrogen-bond donors (Lipinski definition) is 4. The molecule has 12 heteroatoms. The number of carboxylic acid groups (broad SMARTS) is 1. The minimum atomic E-state index is -1.05. The maximum atomic E-state index is 12.7. The molecular weight excluding hydrogens is 646 g/mol. The van der Waals surface area contributed by atoms with Gasteiger partial charge in [-0.25, -0.2) is 4.98 Å². The Labute approximate surface area is 298 Å². The minimum absolute atomic E-state index is 0.233. The van der Waals surface area contributed by atoms with Gasteiger partial charge in [-0.15, -0.1) is 0 Å². The third kappa shape index (κ3) is 13.0. The standard InChI is InChI=1S/C39H47N7O5/c1-28-20-23-42-36(25-28)41-21-10-13-37(47)43-27-38(48)45-34(26-39(49)50)30-16-14-29(15-17-30)31-18-19-35(33-12-7-6-11-32(31)33)51-24-9-5-3-2-4-8-22-44-46-40/h6-7,11-12,14-20,23,25,34H,2-5,8-10,13,21-22,24,26-27H2,1H3,(H,41,42)(H,43,47)(H,45,48)(H,49,50). The van der Waals surface area contributed by atoms with Gasteiger partial charge >= 0.3 is 5.97 Å². The molecule has 3 aromatic carbocycles. The maximum absolute atomic E-state index is 12.7. The van der Waals surface area contributed by atoms with E-state index in [1.54, 1.807) is 6.20 Å². The van der Waals surface area contributed by atoms with Gasteiger partial charge in [0.15, 0.2) is 0 Å². The zero-order valence-corrected chi connectivity index (χ0v) is 29.1. The number of nitrogens with zero attached hydrogens (tertiary/aromatic N) is 4. The number of unbranched alkanes of at least 4 members (excludes halogenated alkanes) is 5. The van der Waals surface area contributed by atoms with Gasteiger partial charge in [-0.2, -0.15) is 0 Å². The fourth-order valence-corrected chi connectivity index (χ4v) is 5.80. The second-order valence-corrected chi connectivity index (χ2v) is 12.4. The van der Waals surface area contributed by atoms with E-state index in [1.807, 2.05) is 73.7 Å². The van der Waals surface area contributed by atoms with Gasteiger partial charge in [0.2, 0.25) is 11.8 Å². The van der Waals surface area contributed by atoms with Crippen LogP contribution in [0.15, 0.2) is 84.1 Å². The molecule has 0 aliphatic heterocycles. The molecule has 0 fully saturated rings. The molecule has 0 aliphatic carbocycles. The van der Waals surface area contributed by atoms with E-state index >= 15 is 0 Å². The predicted octanol–water partition coefficient (Wildman–Crippen LogP) is 7.88. The van der Waals surface area contributed by atoms with Crippen molar-refractivity contribution in [1.29, 1.82) is 0 Å². The number of nitrogens with one attached hydrogen (secondary N) is 3. The first-order valence-corrected chi connectivity index (χ1v) is 17.5. The van der Waals surface area contributed by atoms with Gasteiger partial charge in [-0.1, -0.05) is 85.4 Å². The van der Waals surface area contributed by atoms with E-state index in [-0.39, 0.29) is 25.3 Å². The van der Waals surface area contributed by atoms with Crippen molar-refractivity contribution in [1.82, 2.24) is 15.6 Å². The van der Waals surface area contributed by atoms with Crippen LogP contribution in [-0.4, -0.2) is 54.1 Å². The monoisotopic (exact) mass is 693 g/mol. The topological polar surface area (TPSA) is 178 Å². The van der Waals surface area contributed by atoms with Crippen LogP contribution in [0.2, 0.25) is 0 Å². The average Bonchev–Trinajstić information content (AvgIpc) is 3.13. The van der Waals surface area contributed by atoms with Crippen LogP contribution in [0.3, 0.4) is 0 Å². The van der Waals surface area contributed by atoms with Crippen LogP contribution in [0.4, 0.5) is 5.82 Å². The smallest absolute Gasteiger partial charge is 0.305 e. The Hall–Kier alpha value is -5.61. The second kappa shape index (κ2) is 20.8. The summed E-state index contributed by atoms with van der Waals surface area (Å²) < 4.78 is 6.19. The van der Waals surface area contributed by atoms with Crippen molar-refractivity contribution in [2.45, 2.75) is 70.8 Å². The maximum Gasteiger partial charge on any atom is 0.305 e. The normalized spacial score (nSPS) is 11.3. The minimum Gasteiger partial charge on any atom is -0.493 e. The number of rotatable bonds is 22. The van der Waals surface area contributed by atoms with Crippen LogP contribution in [0.25, 0.3) is 32.3 Å². The number of carbonyl (C=O) groups excluding carboxylic acids is 2. The highest BCUT2D eigenvalue weighted by molar-refractivity contribution is 6.00. The van der Waals surface area contributed by atoms with Crippen molar-refractivity contribution in [2.24, 2.45) is 5.11 Å². The SMILES string of the molecule is Cc1ccnc(NCCCC(=O)NCC(=O)NC(CC(=O)O)c2ccc(-c3ccc(OCCCCCCCCN=[N+]=[N-])c4ccccc34)cc2)c1. The van der Waals surface area contributed by atoms with Gasteiger partial charge in [-0.3, -0.25) is 14.4 Å². The van der Waals surface area contributed by atoms with Gasteiger partial charge < -0.3 is 25.8 Å². The molecule has 0 aliphatic rings. The first kappa shape index (κ1) is 38.2. The Kier molecular flexibility index (Phi) is 15.6. The Bertz CT molecular complexity index is 1790. The Morgan fingerprint density at radius 1 is 0.902 bits per heavy atom. The molecule has 4 rings (SSSR count). The fourth-order valence-electron chi connectivity index (χ4n) is 5.80. The lowest BCUT2D eigenvalue weighted by molar-refractivity contribution is -0.138. The van der Waals surface area contributed by atoms with Gasteiger partial charge in [0.05, 0.1) is 25.6 Å². The number of azide groups is 1. The van der Waals surface area contributed by atoms with E-state index < -0.39 is 17.9 Å². The number of aliphatic carboxylic acids is 1. The zero-order chi connectivity index (χ0) is 36.3. The van der Waals surface area contributed by atoms with Crippen LogP contribution in [0.1, 0.15) is 75.0 Å². The lowest BCUT2D eigenvalue weighted by atomic mass is 9.95. The van der Waals surface area contributed by atoms with Gasteiger partial charge in [0, 0.05) is 36.0 Å². The number of benzene rings is 3. The summed E-state index contributed by atoms with van der Waals surface area (Å²) in [5.41, 5.74) is 12.0. The zero-order valence-electron chi connectivity index (χ0n) is 29.1. The van der Waals surface area contributed by atoms with Gasteiger partial charge in [0.1, 0.15) is 11.6 Å². The van der Waals surface area contributed by atoms with E-state index in [0.29, 0.717) is 31.7 Å². The number of ether oxygens (including phenoxy) is 1. The van der Waals surface area contributed by atoms with E-state index in [9.17, 15) is 19.5 Å². The number of fused-ring (bicyclic) bond motifs is 1. The third-order valence-corrected chi connectivity index (χ3v) is 8.44. The number of carbonyl (C=O) groups is 3.